The zero-order valence-corrected chi connectivity index (χ0v) is 34.8. The van der Waals surface area contributed by atoms with Crippen molar-refractivity contribution in [3.63, 3.8) is 0 Å². The number of anilines is 2. The number of nitrogens with one attached hydrogen (secondary N) is 3. The van der Waals surface area contributed by atoms with Gasteiger partial charge in [0.25, 0.3) is 17.7 Å². The summed E-state index contributed by atoms with van der Waals surface area (Å²) in [5.74, 6) is -1.55. The van der Waals surface area contributed by atoms with Crippen LogP contribution in [0, 0.1) is 0 Å². The third kappa shape index (κ3) is 10.6. The van der Waals surface area contributed by atoms with E-state index in [1.165, 1.54) is 13.3 Å². The number of amides is 3. The van der Waals surface area contributed by atoms with E-state index < -0.39 is 5.97 Å². The molecule has 0 unspecified atom stereocenters. The monoisotopic (exact) mass is 843 g/mol. The minimum atomic E-state index is -0.617. The summed E-state index contributed by atoms with van der Waals surface area (Å²) >= 11 is 0. The number of benzene rings is 4. The van der Waals surface area contributed by atoms with Crippen LogP contribution in [0.3, 0.4) is 0 Å². The normalized spacial score (nSPS) is 10.8. The Balaban J connectivity index is 0.000000191. The molecule has 16 nitrogen and oxygen atoms in total. The van der Waals surface area contributed by atoms with Crippen molar-refractivity contribution in [2.75, 3.05) is 24.3 Å². The second-order valence-corrected chi connectivity index (χ2v) is 14.4. The van der Waals surface area contributed by atoms with Gasteiger partial charge in [0.15, 0.2) is 11.4 Å². The number of esters is 1. The van der Waals surface area contributed by atoms with Gasteiger partial charge >= 0.3 is 5.97 Å². The lowest BCUT2D eigenvalue weighted by Gasteiger charge is -2.13. The second-order valence-electron chi connectivity index (χ2n) is 14.4. The summed E-state index contributed by atoms with van der Waals surface area (Å²) < 4.78 is 8.20. The number of rotatable bonds is 15. The highest BCUT2D eigenvalue weighted by Gasteiger charge is 2.20. The number of ether oxygens (including phenoxy) is 1. The molecule has 4 aromatic carbocycles. The van der Waals surface area contributed by atoms with Gasteiger partial charge in [0.1, 0.15) is 0 Å². The smallest absolute Gasteiger partial charge is 0.358 e. The molecule has 8 rings (SSSR count). The van der Waals surface area contributed by atoms with Gasteiger partial charge in [0.2, 0.25) is 0 Å². The molecule has 0 spiro atoms. The van der Waals surface area contributed by atoms with Crippen molar-refractivity contribution < 1.29 is 23.9 Å². The van der Waals surface area contributed by atoms with Crippen LogP contribution in [0.5, 0.6) is 0 Å². The molecule has 8 aromatic rings. The molecular formula is C47H45N11O5. The van der Waals surface area contributed by atoms with Crippen molar-refractivity contribution in [2.24, 2.45) is 0 Å². The summed E-state index contributed by atoms with van der Waals surface area (Å²) in [6.07, 6.45) is 14.1. The maximum atomic E-state index is 13.3. The lowest BCUT2D eigenvalue weighted by molar-refractivity contribution is 0.0595. The van der Waals surface area contributed by atoms with E-state index in [4.69, 9.17) is 4.74 Å². The van der Waals surface area contributed by atoms with Gasteiger partial charge < -0.3 is 20.7 Å². The summed E-state index contributed by atoms with van der Waals surface area (Å²) in [6.45, 7) is 3.82. The Hall–Kier alpha value is -8.14. The number of fused-ring (bicyclic) bond motifs is 2. The van der Waals surface area contributed by atoms with Crippen LogP contribution in [0.15, 0.2) is 134 Å². The molecule has 0 saturated heterocycles. The zero-order valence-electron chi connectivity index (χ0n) is 34.8. The number of hydrogen-bond acceptors (Lipinski definition) is 11. The van der Waals surface area contributed by atoms with E-state index in [0.717, 1.165) is 58.4 Å². The lowest BCUT2D eigenvalue weighted by atomic mass is 9.99. The SMILES string of the molecule is CCCCCCNC(=O)c1ncccc1NC(=O)c1ccc(Cn2ccnn2)c2ccccc12.COC(=O)c1ncccc1NC(=O)c1ccc(Cn2ccnn2)c2ccccc12. The fourth-order valence-corrected chi connectivity index (χ4v) is 7.05. The molecule has 0 bridgehead atoms. The largest absolute Gasteiger partial charge is 0.464 e. The van der Waals surface area contributed by atoms with E-state index in [9.17, 15) is 19.2 Å². The van der Waals surface area contributed by atoms with Gasteiger partial charge in [-0.25, -0.2) is 24.1 Å². The lowest BCUT2D eigenvalue weighted by Crippen LogP contribution is -2.27. The number of nitrogens with zero attached hydrogens (tertiary/aromatic N) is 8. The van der Waals surface area contributed by atoms with Gasteiger partial charge in [-0.15, -0.1) is 10.2 Å². The highest BCUT2D eigenvalue weighted by Crippen LogP contribution is 2.27. The molecular weight excluding hydrogens is 799 g/mol. The molecule has 4 aromatic heterocycles. The van der Waals surface area contributed by atoms with E-state index in [1.54, 1.807) is 76.7 Å². The van der Waals surface area contributed by atoms with Gasteiger partial charge in [-0.1, -0.05) is 97.3 Å². The molecule has 4 heterocycles. The average Bonchev–Trinajstić information content (AvgIpc) is 4.04. The maximum Gasteiger partial charge on any atom is 0.358 e. The Morgan fingerprint density at radius 2 is 1.06 bits per heavy atom. The third-order valence-electron chi connectivity index (χ3n) is 10.1. The number of methoxy groups -OCH3 is 1. The fraction of sp³-hybridized carbons (Fsp3) is 0.191. The van der Waals surface area contributed by atoms with Crippen molar-refractivity contribution in [3.8, 4) is 0 Å². The molecule has 63 heavy (non-hydrogen) atoms. The van der Waals surface area contributed by atoms with Crippen molar-refractivity contribution >= 4 is 56.6 Å². The molecule has 0 aliphatic rings. The summed E-state index contributed by atoms with van der Waals surface area (Å²) in [5.41, 5.74) is 3.99. The Morgan fingerprint density at radius 1 is 0.556 bits per heavy atom. The Bertz CT molecular complexity index is 2850. The van der Waals surface area contributed by atoms with Crippen LogP contribution in [-0.4, -0.2) is 77.3 Å². The summed E-state index contributed by atoms with van der Waals surface area (Å²) in [7, 11) is 1.27. The van der Waals surface area contributed by atoms with E-state index in [-0.39, 0.29) is 29.1 Å². The Labute approximate surface area is 362 Å². The molecule has 0 aliphatic carbocycles. The van der Waals surface area contributed by atoms with E-state index >= 15 is 0 Å². The van der Waals surface area contributed by atoms with Crippen LogP contribution in [-0.2, 0) is 17.8 Å². The van der Waals surface area contributed by atoms with Gasteiger partial charge in [-0.2, -0.15) is 0 Å². The molecule has 0 atom stereocenters. The Morgan fingerprint density at radius 3 is 1.56 bits per heavy atom. The third-order valence-corrected chi connectivity index (χ3v) is 10.1. The highest BCUT2D eigenvalue weighted by molar-refractivity contribution is 6.16. The number of aromatic nitrogens is 8. The van der Waals surface area contributed by atoms with Crippen LogP contribution >= 0.6 is 0 Å². The van der Waals surface area contributed by atoms with Gasteiger partial charge in [0.05, 0.1) is 44.0 Å². The standard InChI is InChI=1S/C26H28N6O2.C21H17N5O3/c1-2-3-4-7-14-28-26(34)24-23(11-8-15-27-24)30-25(33)22-13-12-19(18-32-17-16-29-31-32)20-9-5-6-10-21(20)22;1-29-21(28)19-18(7-4-10-22-19)24-20(27)17-9-8-14(13-26-12-11-23-25-26)15-5-2-3-6-16(15)17/h5-6,8-13,15-17H,2-4,7,14,18H2,1H3,(H,28,34)(H,30,33);2-12H,13H2,1H3,(H,24,27). The van der Waals surface area contributed by atoms with Crippen LogP contribution in [0.4, 0.5) is 11.4 Å². The average molecular weight is 844 g/mol. The van der Waals surface area contributed by atoms with Crippen molar-refractivity contribution in [1.29, 1.82) is 0 Å². The Kier molecular flexibility index (Phi) is 14.3. The van der Waals surface area contributed by atoms with E-state index in [0.29, 0.717) is 42.1 Å². The van der Waals surface area contributed by atoms with Crippen LogP contribution in [0.25, 0.3) is 21.5 Å². The van der Waals surface area contributed by atoms with Crippen LogP contribution in [0.1, 0.15) is 85.4 Å². The van der Waals surface area contributed by atoms with Gasteiger partial charge in [-0.05, 0) is 75.5 Å². The quantitative estimate of drug-likeness (QED) is 0.0688. The molecule has 0 aliphatic heterocycles. The fourth-order valence-electron chi connectivity index (χ4n) is 7.05. The number of carbonyl (C=O) groups is 4. The highest BCUT2D eigenvalue weighted by atomic mass is 16.5. The molecule has 3 N–H and O–H groups in total. The number of carbonyl (C=O) groups excluding carboxylic acids is 4. The van der Waals surface area contributed by atoms with Crippen molar-refractivity contribution in [1.82, 2.24) is 45.3 Å². The van der Waals surface area contributed by atoms with Gasteiger partial charge in [-0.3, -0.25) is 14.4 Å². The minimum Gasteiger partial charge on any atom is -0.464 e. The molecule has 318 valence electrons. The van der Waals surface area contributed by atoms with E-state index in [2.05, 4.69) is 53.5 Å². The van der Waals surface area contributed by atoms with Crippen LogP contribution in [0.2, 0.25) is 0 Å². The number of hydrogen-bond donors (Lipinski definition) is 3. The maximum absolute atomic E-state index is 13.3. The molecule has 3 amide bonds. The summed E-state index contributed by atoms with van der Waals surface area (Å²) in [6, 6.07) is 29.4. The summed E-state index contributed by atoms with van der Waals surface area (Å²) in [5, 5.41) is 27.8. The summed E-state index contributed by atoms with van der Waals surface area (Å²) in [4.78, 5) is 59.1. The first-order valence-corrected chi connectivity index (χ1v) is 20.4. The van der Waals surface area contributed by atoms with Crippen molar-refractivity contribution in [2.45, 2.75) is 45.7 Å². The first-order valence-electron chi connectivity index (χ1n) is 20.4. The molecule has 0 fully saturated rings. The van der Waals surface area contributed by atoms with Crippen LogP contribution < -0.4 is 16.0 Å². The first-order chi connectivity index (χ1) is 30.8. The minimum absolute atomic E-state index is 0.0513. The van der Waals surface area contributed by atoms with Gasteiger partial charge in [0, 0.05) is 42.5 Å². The molecule has 16 heteroatoms. The predicted octanol–water partition coefficient (Wildman–Crippen LogP) is 7.35. The second kappa shape index (κ2) is 20.9. The molecule has 0 radical (unpaired) electrons. The van der Waals surface area contributed by atoms with Crippen molar-refractivity contribution in [3.05, 3.63) is 168 Å². The predicted molar refractivity (Wildman–Crippen MR) is 238 cm³/mol. The first kappa shape index (κ1) is 43.0. The number of unbranched alkanes of at least 4 members (excludes halogenated alkanes) is 3. The molecule has 0 saturated carbocycles. The number of pyridine rings is 2. The van der Waals surface area contributed by atoms with E-state index in [1.807, 2.05) is 60.7 Å². The zero-order chi connectivity index (χ0) is 44.0. The topological polar surface area (TPSA) is 201 Å².